The van der Waals surface area contributed by atoms with Crippen LogP contribution in [0.15, 0.2) is 41.5 Å². The Morgan fingerprint density at radius 1 is 1.09 bits per heavy atom. The lowest BCUT2D eigenvalue weighted by Crippen LogP contribution is -2.46. The number of halogens is 1. The molecule has 5 rings (SSSR count). The van der Waals surface area contributed by atoms with Gasteiger partial charge in [0.15, 0.2) is 0 Å². The minimum absolute atomic E-state index is 0.226. The molecule has 3 heterocycles. The first-order valence-electron chi connectivity index (χ1n) is 11.4. The number of aliphatic imine (C=N–C) groups is 1. The van der Waals surface area contributed by atoms with Crippen molar-refractivity contribution in [2.75, 3.05) is 42.9 Å². The van der Waals surface area contributed by atoms with Gasteiger partial charge in [-0.05, 0) is 36.2 Å². The van der Waals surface area contributed by atoms with Crippen molar-refractivity contribution in [3.63, 3.8) is 0 Å². The van der Waals surface area contributed by atoms with Crippen LogP contribution in [-0.4, -0.2) is 53.3 Å². The molecule has 2 aliphatic heterocycles. The van der Waals surface area contributed by atoms with Gasteiger partial charge in [-0.15, -0.1) is 0 Å². The highest BCUT2D eigenvalue weighted by molar-refractivity contribution is 6.13. The second kappa shape index (κ2) is 8.47. The third-order valence-electron chi connectivity index (χ3n) is 6.43. The van der Waals surface area contributed by atoms with Gasteiger partial charge in [-0.2, -0.15) is 0 Å². The van der Waals surface area contributed by atoms with Gasteiger partial charge in [0.1, 0.15) is 5.82 Å². The normalized spacial score (nSPS) is 16.5. The van der Waals surface area contributed by atoms with E-state index in [0.717, 1.165) is 54.9 Å². The molecule has 0 saturated carbocycles. The molecule has 0 unspecified atom stereocenters. The van der Waals surface area contributed by atoms with Crippen molar-refractivity contribution in [2.45, 2.75) is 27.3 Å². The van der Waals surface area contributed by atoms with E-state index in [4.69, 9.17) is 9.98 Å². The molecule has 0 amide bonds. The van der Waals surface area contributed by atoms with Crippen molar-refractivity contribution >= 4 is 33.9 Å². The minimum atomic E-state index is -0.226. The molecule has 0 spiro atoms. The average molecular weight is 433 g/mol. The summed E-state index contributed by atoms with van der Waals surface area (Å²) in [4.78, 5) is 18.5. The predicted octanol–water partition coefficient (Wildman–Crippen LogP) is 4.61. The van der Waals surface area contributed by atoms with Crippen LogP contribution in [0.2, 0.25) is 0 Å². The van der Waals surface area contributed by atoms with Crippen LogP contribution in [0, 0.1) is 11.7 Å². The molecule has 3 aromatic rings. The zero-order valence-electron chi connectivity index (χ0n) is 18.9. The number of anilines is 3. The van der Waals surface area contributed by atoms with Gasteiger partial charge < -0.3 is 15.1 Å². The van der Waals surface area contributed by atoms with E-state index in [1.165, 1.54) is 11.6 Å². The molecule has 0 radical (unpaired) electrons. The summed E-state index contributed by atoms with van der Waals surface area (Å²) in [6.45, 7) is 11.8. The fourth-order valence-corrected chi connectivity index (χ4v) is 4.61. The van der Waals surface area contributed by atoms with E-state index in [-0.39, 0.29) is 5.82 Å². The Labute approximate surface area is 188 Å². The van der Waals surface area contributed by atoms with Crippen LogP contribution >= 0.6 is 0 Å². The number of likely N-dealkylation sites (N-methyl/N-ethyl adjacent to an activating group) is 1. The smallest absolute Gasteiger partial charge is 0.227 e. The van der Waals surface area contributed by atoms with Crippen molar-refractivity contribution < 1.29 is 4.39 Å². The monoisotopic (exact) mass is 432 g/mol. The molecule has 1 saturated heterocycles. The summed E-state index contributed by atoms with van der Waals surface area (Å²) in [6, 6.07) is 9.44. The zero-order chi connectivity index (χ0) is 22.2. The summed E-state index contributed by atoms with van der Waals surface area (Å²) in [5.41, 5.74) is 5.61. The summed E-state index contributed by atoms with van der Waals surface area (Å²) >= 11 is 0. The maximum absolute atomic E-state index is 14.9. The van der Waals surface area contributed by atoms with Gasteiger partial charge in [-0.25, -0.2) is 14.4 Å². The largest absolute Gasteiger partial charge is 0.367 e. The number of nitrogens with zero attached hydrogens (tertiary/aromatic N) is 5. The fraction of sp³-hybridized carbons (Fsp3) is 0.400. The molecule has 166 valence electrons. The minimum Gasteiger partial charge on any atom is -0.367 e. The van der Waals surface area contributed by atoms with Crippen LogP contribution in [0.3, 0.4) is 0 Å². The van der Waals surface area contributed by atoms with Crippen molar-refractivity contribution in [3.8, 4) is 0 Å². The SMILES string of the molecule is CCN1CCN(c2ccc(Nc3ncc4ccc5c(c4n3)C(C(C)C)=NC5)cc2F)CC1. The Morgan fingerprint density at radius 2 is 1.91 bits per heavy atom. The van der Waals surface area contributed by atoms with Crippen molar-refractivity contribution in [1.29, 1.82) is 0 Å². The Kier molecular flexibility index (Phi) is 5.51. The number of hydrogen-bond acceptors (Lipinski definition) is 6. The molecule has 1 aromatic heterocycles. The molecule has 2 aliphatic rings. The Morgan fingerprint density at radius 3 is 2.62 bits per heavy atom. The molecule has 0 aliphatic carbocycles. The molecule has 2 aromatic carbocycles. The van der Waals surface area contributed by atoms with Crippen LogP contribution in [-0.2, 0) is 6.54 Å². The average Bonchev–Trinajstić information content (AvgIpc) is 3.24. The number of fused-ring (bicyclic) bond motifs is 3. The quantitative estimate of drug-likeness (QED) is 0.638. The fourth-order valence-electron chi connectivity index (χ4n) is 4.61. The van der Waals surface area contributed by atoms with E-state index in [1.54, 1.807) is 0 Å². The number of hydrogen-bond donors (Lipinski definition) is 1. The molecule has 0 bridgehead atoms. The maximum atomic E-state index is 14.9. The van der Waals surface area contributed by atoms with Gasteiger partial charge in [0.2, 0.25) is 5.95 Å². The maximum Gasteiger partial charge on any atom is 0.227 e. The van der Waals surface area contributed by atoms with Crippen molar-refractivity contribution in [1.82, 2.24) is 14.9 Å². The topological polar surface area (TPSA) is 56.6 Å². The highest BCUT2D eigenvalue weighted by atomic mass is 19.1. The third kappa shape index (κ3) is 3.81. The number of benzene rings is 2. The van der Waals surface area contributed by atoms with Crippen LogP contribution < -0.4 is 10.2 Å². The van der Waals surface area contributed by atoms with Gasteiger partial charge >= 0.3 is 0 Å². The Balaban J connectivity index is 1.40. The van der Waals surface area contributed by atoms with Crippen molar-refractivity contribution in [3.05, 3.63) is 53.5 Å². The standard InChI is InChI=1S/C25H29FN6/c1-4-31-9-11-32(12-10-31)21-8-7-19(13-20(21)26)29-25-28-15-18-6-5-17-14-27-23(16(2)3)22(17)24(18)30-25/h5-8,13,15-16H,4,9-12,14H2,1-3H3,(H,28,29,30). The van der Waals surface area contributed by atoms with Crippen molar-refractivity contribution in [2.24, 2.45) is 10.9 Å². The Bertz CT molecular complexity index is 1180. The Hall–Kier alpha value is -3.06. The van der Waals surface area contributed by atoms with E-state index in [9.17, 15) is 4.39 Å². The van der Waals surface area contributed by atoms with Crippen LogP contribution in [0.1, 0.15) is 31.9 Å². The number of rotatable bonds is 5. The summed E-state index contributed by atoms with van der Waals surface area (Å²) in [5.74, 6) is 0.564. The molecule has 6 nitrogen and oxygen atoms in total. The summed E-state index contributed by atoms with van der Waals surface area (Å²) < 4.78 is 14.9. The highest BCUT2D eigenvalue weighted by Crippen LogP contribution is 2.31. The molecule has 7 heteroatoms. The lowest BCUT2D eigenvalue weighted by molar-refractivity contribution is 0.270. The van der Waals surface area contributed by atoms with Crippen LogP contribution in [0.5, 0.6) is 0 Å². The first-order valence-corrected chi connectivity index (χ1v) is 11.4. The number of piperazine rings is 1. The summed E-state index contributed by atoms with van der Waals surface area (Å²) in [7, 11) is 0. The highest BCUT2D eigenvalue weighted by Gasteiger charge is 2.23. The van der Waals surface area contributed by atoms with Gasteiger partial charge in [0.05, 0.1) is 17.7 Å². The van der Waals surface area contributed by atoms with E-state index >= 15 is 0 Å². The van der Waals surface area contributed by atoms with E-state index in [0.29, 0.717) is 29.8 Å². The molecule has 32 heavy (non-hydrogen) atoms. The lowest BCUT2D eigenvalue weighted by Gasteiger charge is -2.35. The molecular formula is C25H29FN6. The predicted molar refractivity (Wildman–Crippen MR) is 129 cm³/mol. The first kappa shape index (κ1) is 20.8. The van der Waals surface area contributed by atoms with Crippen LogP contribution in [0.25, 0.3) is 10.9 Å². The van der Waals surface area contributed by atoms with E-state index < -0.39 is 0 Å². The first-order chi connectivity index (χ1) is 15.5. The van der Waals surface area contributed by atoms with Gasteiger partial charge in [0.25, 0.3) is 0 Å². The van der Waals surface area contributed by atoms with E-state index in [2.05, 4.69) is 46.9 Å². The van der Waals surface area contributed by atoms with Crippen LogP contribution in [0.4, 0.5) is 21.7 Å². The summed E-state index contributed by atoms with van der Waals surface area (Å²) in [5, 5.41) is 4.17. The second-order valence-corrected chi connectivity index (χ2v) is 8.80. The molecule has 1 N–H and O–H groups in total. The third-order valence-corrected chi connectivity index (χ3v) is 6.43. The molecular weight excluding hydrogens is 403 g/mol. The number of nitrogens with one attached hydrogen (secondary N) is 1. The van der Waals surface area contributed by atoms with E-state index in [1.807, 2.05) is 24.4 Å². The zero-order valence-corrected chi connectivity index (χ0v) is 18.9. The second-order valence-electron chi connectivity index (χ2n) is 8.80. The summed E-state index contributed by atoms with van der Waals surface area (Å²) in [6.07, 6.45) is 1.82. The molecule has 0 atom stereocenters. The van der Waals surface area contributed by atoms with Gasteiger partial charge in [-0.3, -0.25) is 4.99 Å². The van der Waals surface area contributed by atoms with Gasteiger partial charge in [-0.1, -0.05) is 32.9 Å². The number of aromatic nitrogens is 2. The van der Waals surface area contributed by atoms with Gasteiger partial charge in [0, 0.05) is 54.7 Å². The lowest BCUT2D eigenvalue weighted by atomic mass is 9.96. The molecule has 1 fully saturated rings.